The zero-order valence-electron chi connectivity index (χ0n) is 9.74. The molecule has 16 heavy (non-hydrogen) atoms. The van der Waals surface area contributed by atoms with Gasteiger partial charge in [-0.2, -0.15) is 0 Å². The topological polar surface area (TPSA) is 69.7 Å². The maximum Gasteiger partial charge on any atom is 0.107 e. The van der Waals surface area contributed by atoms with Crippen LogP contribution in [0.15, 0.2) is 30.3 Å². The SMILES string of the molecule is CC(O)N(C(C)O)C(CN)c1ccccc1. The molecule has 0 radical (unpaired) electrons. The first-order chi connectivity index (χ1) is 7.57. The Bertz CT molecular complexity index is 293. The van der Waals surface area contributed by atoms with Gasteiger partial charge < -0.3 is 15.9 Å². The Morgan fingerprint density at radius 1 is 1.12 bits per heavy atom. The molecule has 0 aliphatic rings. The summed E-state index contributed by atoms with van der Waals surface area (Å²) >= 11 is 0. The lowest BCUT2D eigenvalue weighted by Gasteiger charge is -2.35. The molecule has 0 bridgehead atoms. The summed E-state index contributed by atoms with van der Waals surface area (Å²) in [6.45, 7) is 3.59. The summed E-state index contributed by atoms with van der Waals surface area (Å²) in [5.74, 6) is 0. The number of hydrogen-bond acceptors (Lipinski definition) is 4. The molecule has 3 unspecified atom stereocenters. The van der Waals surface area contributed by atoms with E-state index < -0.39 is 12.5 Å². The maximum absolute atomic E-state index is 9.66. The van der Waals surface area contributed by atoms with E-state index in [-0.39, 0.29) is 6.04 Å². The van der Waals surface area contributed by atoms with Gasteiger partial charge in [-0.15, -0.1) is 0 Å². The van der Waals surface area contributed by atoms with E-state index in [1.807, 2.05) is 30.3 Å². The molecular weight excluding hydrogens is 204 g/mol. The van der Waals surface area contributed by atoms with E-state index >= 15 is 0 Å². The molecular formula is C12H20N2O2. The minimum atomic E-state index is -0.742. The van der Waals surface area contributed by atoms with Crippen LogP contribution in [0.3, 0.4) is 0 Å². The third-order valence-electron chi connectivity index (χ3n) is 2.63. The first kappa shape index (κ1) is 13.1. The number of nitrogens with two attached hydrogens (primary N) is 1. The van der Waals surface area contributed by atoms with E-state index in [0.29, 0.717) is 6.54 Å². The molecule has 1 aromatic carbocycles. The Morgan fingerprint density at radius 2 is 1.62 bits per heavy atom. The van der Waals surface area contributed by atoms with Crippen molar-refractivity contribution in [2.24, 2.45) is 5.73 Å². The van der Waals surface area contributed by atoms with Crippen molar-refractivity contribution in [1.29, 1.82) is 0 Å². The summed E-state index contributed by atoms with van der Waals surface area (Å²) in [6, 6.07) is 9.46. The second-order valence-electron chi connectivity index (χ2n) is 3.87. The zero-order chi connectivity index (χ0) is 12.1. The van der Waals surface area contributed by atoms with E-state index in [1.54, 1.807) is 18.7 Å². The number of benzene rings is 1. The molecule has 0 aromatic heterocycles. The molecule has 90 valence electrons. The molecule has 0 fully saturated rings. The molecule has 1 rings (SSSR count). The van der Waals surface area contributed by atoms with E-state index in [9.17, 15) is 10.2 Å². The van der Waals surface area contributed by atoms with Crippen molar-refractivity contribution in [3.05, 3.63) is 35.9 Å². The number of aliphatic hydroxyl groups is 2. The third-order valence-corrected chi connectivity index (χ3v) is 2.63. The fourth-order valence-electron chi connectivity index (χ4n) is 1.94. The number of rotatable bonds is 5. The zero-order valence-corrected chi connectivity index (χ0v) is 9.74. The molecule has 0 saturated carbocycles. The maximum atomic E-state index is 9.66. The molecule has 4 heteroatoms. The van der Waals surface area contributed by atoms with Gasteiger partial charge in [0, 0.05) is 6.54 Å². The summed E-state index contributed by atoms with van der Waals surface area (Å²) in [5, 5.41) is 19.3. The van der Waals surface area contributed by atoms with Crippen molar-refractivity contribution in [3.63, 3.8) is 0 Å². The quantitative estimate of drug-likeness (QED) is 0.643. The molecule has 0 aliphatic heterocycles. The third kappa shape index (κ3) is 3.02. The van der Waals surface area contributed by atoms with Gasteiger partial charge in [-0.05, 0) is 19.4 Å². The fraction of sp³-hybridized carbons (Fsp3) is 0.500. The lowest BCUT2D eigenvalue weighted by atomic mass is 10.0. The Labute approximate surface area is 96.3 Å². The van der Waals surface area contributed by atoms with Crippen molar-refractivity contribution in [3.8, 4) is 0 Å². The number of aliphatic hydroxyl groups excluding tert-OH is 2. The van der Waals surface area contributed by atoms with E-state index in [1.165, 1.54) is 0 Å². The van der Waals surface area contributed by atoms with Gasteiger partial charge in [-0.25, -0.2) is 4.90 Å². The molecule has 0 saturated heterocycles. The highest BCUT2D eigenvalue weighted by molar-refractivity contribution is 5.19. The Hall–Kier alpha value is -0.940. The summed E-state index contributed by atoms with van der Waals surface area (Å²) in [6.07, 6.45) is -1.48. The summed E-state index contributed by atoms with van der Waals surface area (Å²) in [7, 11) is 0. The summed E-state index contributed by atoms with van der Waals surface area (Å²) in [4.78, 5) is 1.58. The van der Waals surface area contributed by atoms with Gasteiger partial charge in [0.15, 0.2) is 0 Å². The predicted octanol–water partition coefficient (Wildman–Crippen LogP) is 0.665. The van der Waals surface area contributed by atoms with Crippen molar-refractivity contribution < 1.29 is 10.2 Å². The predicted molar refractivity (Wildman–Crippen MR) is 63.4 cm³/mol. The van der Waals surface area contributed by atoms with Crippen LogP contribution in [-0.2, 0) is 0 Å². The van der Waals surface area contributed by atoms with Gasteiger partial charge in [-0.3, -0.25) is 0 Å². The van der Waals surface area contributed by atoms with Crippen LogP contribution in [0.25, 0.3) is 0 Å². The van der Waals surface area contributed by atoms with Crippen molar-refractivity contribution >= 4 is 0 Å². The first-order valence-electron chi connectivity index (χ1n) is 5.46. The highest BCUT2D eigenvalue weighted by atomic mass is 16.3. The van der Waals surface area contributed by atoms with E-state index in [0.717, 1.165) is 5.56 Å². The van der Waals surface area contributed by atoms with Gasteiger partial charge in [-0.1, -0.05) is 30.3 Å². The van der Waals surface area contributed by atoms with Gasteiger partial charge in [0.1, 0.15) is 12.5 Å². The highest BCUT2D eigenvalue weighted by Gasteiger charge is 2.26. The second-order valence-corrected chi connectivity index (χ2v) is 3.87. The summed E-state index contributed by atoms with van der Waals surface area (Å²) in [5.41, 5.74) is 6.71. The van der Waals surface area contributed by atoms with Gasteiger partial charge >= 0.3 is 0 Å². The smallest absolute Gasteiger partial charge is 0.107 e. The standard InChI is InChI=1S/C12H20N2O2/c1-9(15)14(10(2)16)12(8-13)11-6-4-3-5-7-11/h3-7,9-10,12,15-16H,8,13H2,1-2H3. The van der Waals surface area contributed by atoms with Crippen molar-refractivity contribution in [2.75, 3.05) is 6.54 Å². The molecule has 1 aromatic rings. The lowest BCUT2D eigenvalue weighted by Crippen LogP contribution is -2.45. The van der Waals surface area contributed by atoms with E-state index in [2.05, 4.69) is 0 Å². The monoisotopic (exact) mass is 224 g/mol. The fourth-order valence-corrected chi connectivity index (χ4v) is 1.94. The van der Waals surface area contributed by atoms with Crippen LogP contribution in [0.2, 0.25) is 0 Å². The molecule has 0 heterocycles. The highest BCUT2D eigenvalue weighted by Crippen LogP contribution is 2.22. The van der Waals surface area contributed by atoms with Crippen LogP contribution >= 0.6 is 0 Å². The molecule has 3 atom stereocenters. The number of hydrogen-bond donors (Lipinski definition) is 3. The Kier molecular flexibility index (Phi) is 4.89. The van der Waals surface area contributed by atoms with Crippen LogP contribution in [-0.4, -0.2) is 34.1 Å². The van der Waals surface area contributed by atoms with E-state index in [4.69, 9.17) is 5.73 Å². The van der Waals surface area contributed by atoms with Gasteiger partial charge in [0.05, 0.1) is 6.04 Å². The molecule has 4 N–H and O–H groups in total. The van der Waals surface area contributed by atoms with Crippen molar-refractivity contribution in [2.45, 2.75) is 32.3 Å². The first-order valence-corrected chi connectivity index (χ1v) is 5.46. The minimum Gasteiger partial charge on any atom is -0.379 e. The average Bonchev–Trinajstić information content (AvgIpc) is 2.25. The van der Waals surface area contributed by atoms with Crippen LogP contribution in [0, 0.1) is 0 Å². The van der Waals surface area contributed by atoms with Crippen LogP contribution in [0.4, 0.5) is 0 Å². The van der Waals surface area contributed by atoms with Gasteiger partial charge in [0.2, 0.25) is 0 Å². The lowest BCUT2D eigenvalue weighted by molar-refractivity contribution is -0.109. The Morgan fingerprint density at radius 3 is 2.00 bits per heavy atom. The van der Waals surface area contributed by atoms with Crippen LogP contribution in [0.5, 0.6) is 0 Å². The van der Waals surface area contributed by atoms with Crippen LogP contribution in [0.1, 0.15) is 25.5 Å². The summed E-state index contributed by atoms with van der Waals surface area (Å²) < 4.78 is 0. The molecule has 0 aliphatic carbocycles. The molecule has 0 amide bonds. The largest absolute Gasteiger partial charge is 0.379 e. The Balaban J connectivity index is 2.96. The minimum absolute atomic E-state index is 0.179. The molecule has 0 spiro atoms. The molecule has 4 nitrogen and oxygen atoms in total. The van der Waals surface area contributed by atoms with Crippen LogP contribution < -0.4 is 5.73 Å². The second kappa shape index (κ2) is 5.96. The van der Waals surface area contributed by atoms with Gasteiger partial charge in [0.25, 0.3) is 0 Å². The normalized spacial score (nSPS) is 17.1. The average molecular weight is 224 g/mol. The van der Waals surface area contributed by atoms with Crippen molar-refractivity contribution in [1.82, 2.24) is 4.90 Å². The number of nitrogens with zero attached hydrogens (tertiary/aromatic N) is 1.